The quantitative estimate of drug-likeness (QED) is 0.648. The van der Waals surface area contributed by atoms with Gasteiger partial charge in [0.25, 0.3) is 11.7 Å². The largest absolute Gasteiger partial charge is 0.444 e. The summed E-state index contributed by atoms with van der Waals surface area (Å²) >= 11 is 0.234. The van der Waals surface area contributed by atoms with Gasteiger partial charge in [0, 0.05) is 10.5 Å². The number of benzene rings is 2. The van der Waals surface area contributed by atoms with Gasteiger partial charge < -0.3 is 10.5 Å². The van der Waals surface area contributed by atoms with Crippen LogP contribution in [0.15, 0.2) is 59.5 Å². The van der Waals surface area contributed by atoms with Crippen LogP contribution < -0.4 is 5.73 Å². The molecular weight excluding hydrogens is 324 g/mol. The van der Waals surface area contributed by atoms with Gasteiger partial charge in [-0.2, -0.15) is 8.78 Å². The van der Waals surface area contributed by atoms with Crippen LogP contribution in [0.5, 0.6) is 0 Å². The Hall–Kier alpha value is -2.41. The predicted octanol–water partition coefficient (Wildman–Crippen LogP) is 3.38. The topological polar surface area (TPSA) is 69.4 Å². The molecule has 2 rings (SSSR count). The number of esters is 1. The van der Waals surface area contributed by atoms with E-state index >= 15 is 0 Å². The fraction of sp³-hybridized carbons (Fsp3) is 0.125. The minimum Gasteiger partial charge on any atom is -0.444 e. The molecule has 2 aromatic carbocycles. The first kappa shape index (κ1) is 17.0. The first-order chi connectivity index (χ1) is 11.0. The number of carbonyl (C=O) groups excluding carboxylic acids is 2. The molecule has 0 spiro atoms. The third kappa shape index (κ3) is 4.53. The monoisotopic (exact) mass is 337 g/mol. The normalized spacial score (nSPS) is 12.0. The van der Waals surface area contributed by atoms with Crippen LogP contribution in [-0.4, -0.2) is 17.6 Å². The number of nitrogens with two attached hydrogens (primary N) is 1. The lowest BCUT2D eigenvalue weighted by Crippen LogP contribution is -2.26. The van der Waals surface area contributed by atoms with Crippen molar-refractivity contribution in [3.63, 3.8) is 0 Å². The summed E-state index contributed by atoms with van der Waals surface area (Å²) in [6.07, 6.45) is -1.28. The zero-order valence-electron chi connectivity index (χ0n) is 11.8. The number of primary amides is 1. The SMILES string of the molecule is NC(=O)[C@@H](OC(=O)c1ccccc1SC(F)F)c1ccccc1. The second kappa shape index (κ2) is 7.73. The van der Waals surface area contributed by atoms with E-state index in [0.29, 0.717) is 5.56 Å². The zero-order chi connectivity index (χ0) is 16.8. The van der Waals surface area contributed by atoms with E-state index in [0.717, 1.165) is 0 Å². The lowest BCUT2D eigenvalue weighted by molar-refractivity contribution is -0.127. The zero-order valence-corrected chi connectivity index (χ0v) is 12.6. The van der Waals surface area contributed by atoms with Crippen molar-refractivity contribution >= 4 is 23.6 Å². The molecule has 2 aromatic rings. The van der Waals surface area contributed by atoms with Crippen LogP contribution in [0.1, 0.15) is 22.0 Å². The molecule has 0 heterocycles. The van der Waals surface area contributed by atoms with Gasteiger partial charge in [-0.25, -0.2) is 4.79 Å². The second-order valence-electron chi connectivity index (χ2n) is 4.47. The van der Waals surface area contributed by atoms with Crippen molar-refractivity contribution in [3.8, 4) is 0 Å². The van der Waals surface area contributed by atoms with Gasteiger partial charge in [-0.05, 0) is 12.1 Å². The van der Waals surface area contributed by atoms with Gasteiger partial charge in [-0.15, -0.1) is 0 Å². The molecule has 4 nitrogen and oxygen atoms in total. The molecule has 0 bridgehead atoms. The van der Waals surface area contributed by atoms with E-state index in [1.165, 1.54) is 24.3 Å². The van der Waals surface area contributed by atoms with Crippen molar-refractivity contribution in [2.75, 3.05) is 0 Å². The van der Waals surface area contributed by atoms with E-state index in [4.69, 9.17) is 10.5 Å². The molecule has 0 aliphatic heterocycles. The van der Waals surface area contributed by atoms with Crippen LogP contribution in [0.4, 0.5) is 8.78 Å². The van der Waals surface area contributed by atoms with Gasteiger partial charge in [0.2, 0.25) is 6.10 Å². The van der Waals surface area contributed by atoms with E-state index in [2.05, 4.69) is 0 Å². The van der Waals surface area contributed by atoms with Crippen LogP contribution in [0.25, 0.3) is 0 Å². The smallest absolute Gasteiger partial charge is 0.340 e. The van der Waals surface area contributed by atoms with Gasteiger partial charge in [0.15, 0.2) is 0 Å². The van der Waals surface area contributed by atoms with E-state index in [-0.39, 0.29) is 22.2 Å². The predicted molar refractivity (Wildman–Crippen MR) is 82.1 cm³/mol. The van der Waals surface area contributed by atoms with Crippen molar-refractivity contribution in [3.05, 3.63) is 65.7 Å². The van der Waals surface area contributed by atoms with Crippen LogP contribution in [-0.2, 0) is 9.53 Å². The van der Waals surface area contributed by atoms with Gasteiger partial charge in [-0.3, -0.25) is 4.79 Å². The molecule has 0 unspecified atom stereocenters. The highest BCUT2D eigenvalue weighted by Gasteiger charge is 2.25. The molecule has 120 valence electrons. The summed E-state index contributed by atoms with van der Waals surface area (Å²) in [6, 6.07) is 14.0. The molecule has 0 fully saturated rings. The highest BCUT2D eigenvalue weighted by molar-refractivity contribution is 7.99. The molecule has 1 atom stereocenters. The average molecular weight is 337 g/mol. The van der Waals surface area contributed by atoms with Crippen molar-refractivity contribution < 1.29 is 23.1 Å². The summed E-state index contributed by atoms with van der Waals surface area (Å²) in [5, 5.41) is 0. The summed E-state index contributed by atoms with van der Waals surface area (Å²) in [4.78, 5) is 23.9. The maximum Gasteiger partial charge on any atom is 0.340 e. The molecule has 0 saturated heterocycles. The number of thioether (sulfide) groups is 1. The van der Waals surface area contributed by atoms with Crippen LogP contribution in [0.2, 0.25) is 0 Å². The molecule has 0 aliphatic carbocycles. The Morgan fingerprint density at radius 2 is 1.61 bits per heavy atom. The third-order valence-electron chi connectivity index (χ3n) is 2.91. The lowest BCUT2D eigenvalue weighted by Gasteiger charge is -2.16. The number of halogens is 2. The van der Waals surface area contributed by atoms with Gasteiger partial charge in [0.1, 0.15) is 0 Å². The number of amides is 1. The molecule has 7 heteroatoms. The van der Waals surface area contributed by atoms with Crippen molar-refractivity contribution in [2.24, 2.45) is 5.73 Å². The fourth-order valence-electron chi connectivity index (χ4n) is 1.92. The summed E-state index contributed by atoms with van der Waals surface area (Å²) in [5.74, 6) is -4.41. The third-order valence-corrected chi connectivity index (χ3v) is 3.70. The number of ether oxygens (including phenoxy) is 1. The molecule has 0 aromatic heterocycles. The van der Waals surface area contributed by atoms with Crippen LogP contribution >= 0.6 is 11.8 Å². The highest BCUT2D eigenvalue weighted by Crippen LogP contribution is 2.30. The maximum atomic E-state index is 12.6. The summed E-state index contributed by atoms with van der Waals surface area (Å²) in [5.41, 5.74) is 5.64. The van der Waals surface area contributed by atoms with E-state index in [1.807, 2.05) is 0 Å². The van der Waals surface area contributed by atoms with Gasteiger partial charge >= 0.3 is 5.97 Å². The summed E-state index contributed by atoms with van der Waals surface area (Å²) in [7, 11) is 0. The van der Waals surface area contributed by atoms with Crippen molar-refractivity contribution in [1.29, 1.82) is 0 Å². The van der Waals surface area contributed by atoms with Crippen LogP contribution in [0.3, 0.4) is 0 Å². The standard InChI is InChI=1S/C16H13F2NO3S/c17-16(18)23-12-9-5-4-8-11(12)15(21)22-13(14(19)20)10-6-2-1-3-7-10/h1-9,13,16H,(H2,19,20)/t13-/m0/s1. The van der Waals surface area contributed by atoms with Crippen molar-refractivity contribution in [2.45, 2.75) is 16.8 Å². The second-order valence-corrected chi connectivity index (χ2v) is 5.50. The van der Waals surface area contributed by atoms with E-state index < -0.39 is 23.7 Å². The number of hydrogen-bond donors (Lipinski definition) is 1. The van der Waals surface area contributed by atoms with Gasteiger partial charge in [0.05, 0.1) is 5.56 Å². The van der Waals surface area contributed by atoms with Crippen molar-refractivity contribution in [1.82, 2.24) is 0 Å². The molecule has 23 heavy (non-hydrogen) atoms. The highest BCUT2D eigenvalue weighted by atomic mass is 32.2. The maximum absolute atomic E-state index is 12.6. The Kier molecular flexibility index (Phi) is 5.70. The van der Waals surface area contributed by atoms with E-state index in [1.54, 1.807) is 30.3 Å². The minimum absolute atomic E-state index is 0.0417. The molecule has 1 amide bonds. The Morgan fingerprint density at radius 3 is 2.22 bits per heavy atom. The summed E-state index contributed by atoms with van der Waals surface area (Å²) in [6.45, 7) is 0. The molecule has 0 aliphatic rings. The first-order valence-electron chi connectivity index (χ1n) is 6.58. The van der Waals surface area contributed by atoms with Crippen LogP contribution in [0, 0.1) is 0 Å². The molecular formula is C16H13F2NO3S. The lowest BCUT2D eigenvalue weighted by atomic mass is 10.1. The number of rotatable bonds is 6. The Labute approximate surface area is 135 Å². The van der Waals surface area contributed by atoms with E-state index in [9.17, 15) is 18.4 Å². The average Bonchev–Trinajstić information content (AvgIpc) is 2.53. The molecule has 0 radical (unpaired) electrons. The number of hydrogen-bond acceptors (Lipinski definition) is 4. The fourth-order valence-corrected chi connectivity index (χ4v) is 2.55. The van der Waals surface area contributed by atoms with Gasteiger partial charge in [-0.1, -0.05) is 54.2 Å². The Morgan fingerprint density at radius 1 is 1.00 bits per heavy atom. The first-order valence-corrected chi connectivity index (χ1v) is 7.46. The molecule has 0 saturated carbocycles. The minimum atomic E-state index is -2.68. The Balaban J connectivity index is 2.25. The summed E-state index contributed by atoms with van der Waals surface area (Å²) < 4.78 is 30.2. The number of alkyl halides is 2. The number of carbonyl (C=O) groups is 2. The molecule has 2 N–H and O–H groups in total. The Bertz CT molecular complexity index is 695.